The standard InChI is InChI=1S/C6H9NO/c1-3-4-5-7-6(2)8/h4H,1,5H2,2H3,(H,7,8). The molecular weight excluding hydrogens is 102 g/mol. The van der Waals surface area contributed by atoms with Crippen molar-refractivity contribution in [3.8, 4) is 0 Å². The van der Waals surface area contributed by atoms with Crippen LogP contribution in [0.4, 0.5) is 0 Å². The Morgan fingerprint density at radius 1 is 2.00 bits per heavy atom. The van der Waals surface area contributed by atoms with Crippen LogP contribution in [0.5, 0.6) is 0 Å². The Hall–Kier alpha value is -1.01. The van der Waals surface area contributed by atoms with Gasteiger partial charge < -0.3 is 5.32 Å². The number of hydrogen-bond donors (Lipinski definition) is 1. The molecule has 0 aliphatic heterocycles. The lowest BCUT2D eigenvalue weighted by molar-refractivity contribution is -0.118. The molecule has 2 nitrogen and oxygen atoms in total. The molecule has 0 spiro atoms. The van der Waals surface area contributed by atoms with E-state index in [1.54, 1.807) is 6.08 Å². The Labute approximate surface area is 48.9 Å². The topological polar surface area (TPSA) is 29.1 Å². The maximum Gasteiger partial charge on any atom is 0.217 e. The van der Waals surface area contributed by atoms with Crippen LogP contribution in [0, 0.1) is 0 Å². The number of carbonyl (C=O) groups is 1. The van der Waals surface area contributed by atoms with Crippen molar-refractivity contribution in [3.63, 3.8) is 0 Å². The van der Waals surface area contributed by atoms with Crippen LogP contribution in [0.1, 0.15) is 6.92 Å². The first kappa shape index (κ1) is 6.99. The number of nitrogens with one attached hydrogen (secondary N) is 1. The lowest BCUT2D eigenvalue weighted by Crippen LogP contribution is -2.18. The number of amides is 1. The summed E-state index contributed by atoms with van der Waals surface area (Å²) in [6.07, 6.45) is 1.65. The van der Waals surface area contributed by atoms with Gasteiger partial charge in [0.05, 0.1) is 0 Å². The predicted octanol–water partition coefficient (Wildman–Crippen LogP) is 0.464. The van der Waals surface area contributed by atoms with E-state index in [9.17, 15) is 4.79 Å². The average molecular weight is 111 g/mol. The fourth-order valence-corrected chi connectivity index (χ4v) is 0.267. The Kier molecular flexibility index (Phi) is 3.63. The van der Waals surface area contributed by atoms with Gasteiger partial charge in [0.15, 0.2) is 0 Å². The van der Waals surface area contributed by atoms with Crippen LogP contribution in [0.25, 0.3) is 0 Å². The van der Waals surface area contributed by atoms with E-state index in [4.69, 9.17) is 0 Å². The van der Waals surface area contributed by atoms with Crippen LogP contribution in [-0.2, 0) is 4.79 Å². The molecule has 0 fully saturated rings. The highest BCUT2D eigenvalue weighted by Crippen LogP contribution is 1.61. The second kappa shape index (κ2) is 4.16. The van der Waals surface area contributed by atoms with Crippen molar-refractivity contribution in [2.75, 3.05) is 6.54 Å². The molecule has 0 aliphatic carbocycles. The van der Waals surface area contributed by atoms with Gasteiger partial charge in [0.2, 0.25) is 5.91 Å². The molecule has 1 N–H and O–H groups in total. The molecule has 0 unspecified atom stereocenters. The molecular formula is C6H9NO. The zero-order valence-corrected chi connectivity index (χ0v) is 4.90. The highest BCUT2D eigenvalue weighted by Gasteiger charge is 1.81. The van der Waals surface area contributed by atoms with Gasteiger partial charge in [0, 0.05) is 13.5 Å². The molecule has 0 heterocycles. The minimum Gasteiger partial charge on any atom is -0.352 e. The summed E-state index contributed by atoms with van der Waals surface area (Å²) in [5.41, 5.74) is 2.53. The predicted molar refractivity (Wildman–Crippen MR) is 32.4 cm³/mol. The lowest BCUT2D eigenvalue weighted by Gasteiger charge is -1.90. The van der Waals surface area contributed by atoms with Crippen molar-refractivity contribution in [2.45, 2.75) is 6.92 Å². The second-order valence-corrected chi connectivity index (χ2v) is 1.35. The maximum atomic E-state index is 10.1. The van der Waals surface area contributed by atoms with Crippen molar-refractivity contribution in [1.82, 2.24) is 5.32 Å². The van der Waals surface area contributed by atoms with Gasteiger partial charge in [-0.05, 0) is 6.08 Å². The minimum absolute atomic E-state index is 0.0310. The lowest BCUT2D eigenvalue weighted by atomic mass is 10.5. The molecule has 0 radical (unpaired) electrons. The molecule has 0 aromatic heterocycles. The van der Waals surface area contributed by atoms with E-state index in [-0.39, 0.29) is 5.91 Å². The van der Waals surface area contributed by atoms with Crippen LogP contribution in [0.15, 0.2) is 18.4 Å². The van der Waals surface area contributed by atoms with Crippen molar-refractivity contribution < 1.29 is 4.79 Å². The number of hydrogen-bond acceptors (Lipinski definition) is 1. The first-order valence-electron chi connectivity index (χ1n) is 2.36. The zero-order valence-electron chi connectivity index (χ0n) is 4.90. The first-order valence-corrected chi connectivity index (χ1v) is 2.36. The van der Waals surface area contributed by atoms with E-state index < -0.39 is 0 Å². The SMILES string of the molecule is C=C=CCNC(C)=O. The molecule has 0 saturated heterocycles. The van der Waals surface area contributed by atoms with Gasteiger partial charge in [-0.25, -0.2) is 0 Å². The van der Waals surface area contributed by atoms with Gasteiger partial charge in [-0.2, -0.15) is 0 Å². The third-order valence-electron chi connectivity index (χ3n) is 0.597. The summed E-state index contributed by atoms with van der Waals surface area (Å²) >= 11 is 0. The van der Waals surface area contributed by atoms with Crippen LogP contribution in [0.2, 0.25) is 0 Å². The van der Waals surface area contributed by atoms with E-state index in [0.29, 0.717) is 6.54 Å². The van der Waals surface area contributed by atoms with Crippen molar-refractivity contribution in [3.05, 3.63) is 18.4 Å². The molecule has 0 bridgehead atoms. The van der Waals surface area contributed by atoms with Crippen molar-refractivity contribution in [2.24, 2.45) is 0 Å². The van der Waals surface area contributed by atoms with Crippen LogP contribution < -0.4 is 5.32 Å². The Morgan fingerprint density at radius 3 is 3.00 bits per heavy atom. The van der Waals surface area contributed by atoms with E-state index >= 15 is 0 Å². The normalized spacial score (nSPS) is 7.12. The van der Waals surface area contributed by atoms with Crippen molar-refractivity contribution in [1.29, 1.82) is 0 Å². The van der Waals surface area contributed by atoms with Gasteiger partial charge in [-0.15, -0.1) is 5.73 Å². The molecule has 0 aromatic rings. The van der Waals surface area contributed by atoms with Crippen LogP contribution >= 0.6 is 0 Å². The Morgan fingerprint density at radius 2 is 2.62 bits per heavy atom. The smallest absolute Gasteiger partial charge is 0.217 e. The fraction of sp³-hybridized carbons (Fsp3) is 0.333. The molecule has 0 aliphatic rings. The van der Waals surface area contributed by atoms with Crippen molar-refractivity contribution >= 4 is 5.91 Å². The van der Waals surface area contributed by atoms with E-state index in [1.165, 1.54) is 6.92 Å². The fourth-order valence-electron chi connectivity index (χ4n) is 0.267. The van der Waals surface area contributed by atoms with Crippen LogP contribution in [0.3, 0.4) is 0 Å². The summed E-state index contributed by atoms with van der Waals surface area (Å²) in [7, 11) is 0. The quantitative estimate of drug-likeness (QED) is 0.515. The van der Waals surface area contributed by atoms with E-state index in [2.05, 4.69) is 17.6 Å². The molecule has 44 valence electrons. The van der Waals surface area contributed by atoms with E-state index in [0.717, 1.165) is 0 Å². The zero-order chi connectivity index (χ0) is 6.41. The number of carbonyl (C=O) groups excluding carboxylic acids is 1. The third kappa shape index (κ3) is 4.99. The molecule has 0 atom stereocenters. The third-order valence-corrected chi connectivity index (χ3v) is 0.597. The van der Waals surface area contributed by atoms with Gasteiger partial charge in [-0.3, -0.25) is 4.79 Å². The highest BCUT2D eigenvalue weighted by molar-refractivity contribution is 5.72. The minimum atomic E-state index is -0.0310. The summed E-state index contributed by atoms with van der Waals surface area (Å²) in [4.78, 5) is 10.1. The maximum absolute atomic E-state index is 10.1. The molecule has 0 aromatic carbocycles. The van der Waals surface area contributed by atoms with Gasteiger partial charge in [-0.1, -0.05) is 6.58 Å². The molecule has 1 amide bonds. The Bertz CT molecular complexity index is 120. The van der Waals surface area contributed by atoms with Gasteiger partial charge >= 0.3 is 0 Å². The van der Waals surface area contributed by atoms with E-state index in [1.807, 2.05) is 0 Å². The van der Waals surface area contributed by atoms with Crippen LogP contribution in [-0.4, -0.2) is 12.5 Å². The summed E-state index contributed by atoms with van der Waals surface area (Å²) in [6, 6.07) is 0. The average Bonchev–Trinajstić information content (AvgIpc) is 1.66. The molecule has 0 saturated carbocycles. The number of rotatable bonds is 2. The summed E-state index contributed by atoms with van der Waals surface area (Å²) in [5.74, 6) is -0.0310. The largest absolute Gasteiger partial charge is 0.352 e. The molecule has 0 rings (SSSR count). The Balaban J connectivity index is 3.18. The summed E-state index contributed by atoms with van der Waals surface area (Å²) in [5, 5.41) is 2.55. The monoisotopic (exact) mass is 111 g/mol. The molecule has 8 heavy (non-hydrogen) atoms. The molecule has 2 heteroatoms. The van der Waals surface area contributed by atoms with Gasteiger partial charge in [0.25, 0.3) is 0 Å². The highest BCUT2D eigenvalue weighted by atomic mass is 16.1. The first-order chi connectivity index (χ1) is 3.77. The van der Waals surface area contributed by atoms with Gasteiger partial charge in [0.1, 0.15) is 0 Å². The second-order valence-electron chi connectivity index (χ2n) is 1.35. The summed E-state index contributed by atoms with van der Waals surface area (Å²) in [6.45, 7) is 5.32. The summed E-state index contributed by atoms with van der Waals surface area (Å²) < 4.78 is 0.